The second kappa shape index (κ2) is 9.87. The summed E-state index contributed by atoms with van der Waals surface area (Å²) >= 11 is 1.58. The molecule has 0 N–H and O–H groups in total. The van der Waals surface area contributed by atoms with E-state index in [1.165, 1.54) is 11.1 Å². The van der Waals surface area contributed by atoms with Gasteiger partial charge in [0, 0.05) is 38.9 Å². The zero-order valence-corrected chi connectivity index (χ0v) is 19.3. The largest absolute Gasteiger partial charge is 0.379 e. The van der Waals surface area contributed by atoms with Crippen LogP contribution in [-0.4, -0.2) is 65.0 Å². The van der Waals surface area contributed by atoms with E-state index in [4.69, 9.17) is 9.72 Å². The van der Waals surface area contributed by atoms with Gasteiger partial charge in [0.25, 0.3) is 5.91 Å². The van der Waals surface area contributed by atoms with Crippen LogP contribution in [0, 0.1) is 13.8 Å². The van der Waals surface area contributed by atoms with Crippen molar-refractivity contribution in [1.82, 2.24) is 19.7 Å². The van der Waals surface area contributed by atoms with Crippen molar-refractivity contribution in [1.29, 1.82) is 0 Å². The number of morpholine rings is 1. The number of aryl methyl sites for hydroxylation is 3. The molecule has 0 unspecified atom stereocenters. The van der Waals surface area contributed by atoms with Gasteiger partial charge in [0.15, 0.2) is 10.8 Å². The molecule has 0 saturated carbocycles. The van der Waals surface area contributed by atoms with E-state index in [-0.39, 0.29) is 18.3 Å². The number of ether oxygens (including phenoxy) is 1. The van der Waals surface area contributed by atoms with Gasteiger partial charge in [-0.3, -0.25) is 19.3 Å². The van der Waals surface area contributed by atoms with Gasteiger partial charge in [0.1, 0.15) is 0 Å². The molecule has 30 heavy (non-hydrogen) atoms. The van der Waals surface area contributed by atoms with Crippen molar-refractivity contribution in [3.63, 3.8) is 0 Å². The van der Waals surface area contributed by atoms with E-state index in [0.717, 1.165) is 54.7 Å². The van der Waals surface area contributed by atoms with Crippen molar-refractivity contribution in [2.45, 2.75) is 27.3 Å². The first-order chi connectivity index (χ1) is 14.0. The summed E-state index contributed by atoms with van der Waals surface area (Å²) in [6.45, 7) is 11.6. The number of carbonyl (C=O) groups is 1. The predicted octanol–water partition coefficient (Wildman–Crippen LogP) is 3.53. The van der Waals surface area contributed by atoms with Crippen molar-refractivity contribution in [3.05, 3.63) is 41.2 Å². The molecule has 0 radical (unpaired) electrons. The number of halogens is 1. The maximum absolute atomic E-state index is 13.3. The van der Waals surface area contributed by atoms with Crippen LogP contribution < -0.4 is 4.90 Å². The summed E-state index contributed by atoms with van der Waals surface area (Å²) in [6, 6.07) is 6.03. The number of aromatic nitrogens is 3. The van der Waals surface area contributed by atoms with Crippen LogP contribution in [0.3, 0.4) is 0 Å². The maximum Gasteiger partial charge on any atom is 0.280 e. The molecule has 4 rings (SSSR count). The van der Waals surface area contributed by atoms with E-state index in [1.54, 1.807) is 27.0 Å². The smallest absolute Gasteiger partial charge is 0.280 e. The standard InChI is InChI=1S/C21H27N5O2S.ClH/c1-4-25-6-5-17(23-25)20(27)26(8-7-24-9-11-28-12-10-24)21-22-18-14-15(2)13-16(3)19(18)29-21;/h5-6,13-14H,4,7-12H2,1-3H3;1H. The van der Waals surface area contributed by atoms with Crippen molar-refractivity contribution >= 4 is 45.0 Å². The predicted molar refractivity (Wildman–Crippen MR) is 123 cm³/mol. The fourth-order valence-electron chi connectivity index (χ4n) is 3.62. The number of amides is 1. The summed E-state index contributed by atoms with van der Waals surface area (Å²) in [5.74, 6) is -0.0982. The van der Waals surface area contributed by atoms with E-state index in [9.17, 15) is 4.79 Å². The molecule has 1 aromatic carbocycles. The Morgan fingerprint density at radius 2 is 2.03 bits per heavy atom. The number of thiazole rings is 1. The number of nitrogens with zero attached hydrogens (tertiary/aromatic N) is 5. The van der Waals surface area contributed by atoms with Gasteiger partial charge in [-0.15, -0.1) is 12.4 Å². The minimum Gasteiger partial charge on any atom is -0.379 e. The number of hydrogen-bond donors (Lipinski definition) is 0. The first-order valence-electron chi connectivity index (χ1n) is 10.1. The number of fused-ring (bicyclic) bond motifs is 1. The second-order valence-corrected chi connectivity index (χ2v) is 8.37. The van der Waals surface area contributed by atoms with E-state index in [0.29, 0.717) is 12.2 Å². The molecule has 0 atom stereocenters. The molecule has 0 aliphatic carbocycles. The molecule has 0 bridgehead atoms. The summed E-state index contributed by atoms with van der Waals surface area (Å²) in [5, 5.41) is 5.16. The van der Waals surface area contributed by atoms with Crippen molar-refractivity contribution in [2.24, 2.45) is 0 Å². The van der Waals surface area contributed by atoms with E-state index < -0.39 is 0 Å². The molecule has 9 heteroatoms. The Labute approximate surface area is 187 Å². The molecule has 1 aliphatic heterocycles. The average Bonchev–Trinajstić information content (AvgIpc) is 3.36. The molecule has 1 saturated heterocycles. The van der Waals surface area contributed by atoms with Crippen LogP contribution in [0.2, 0.25) is 0 Å². The molecule has 0 spiro atoms. The third-order valence-corrected chi connectivity index (χ3v) is 6.44. The lowest BCUT2D eigenvalue weighted by Gasteiger charge is -2.29. The van der Waals surface area contributed by atoms with Crippen molar-refractivity contribution in [2.75, 3.05) is 44.3 Å². The monoisotopic (exact) mass is 449 g/mol. The zero-order chi connectivity index (χ0) is 20.4. The number of hydrogen-bond acceptors (Lipinski definition) is 6. The Morgan fingerprint density at radius 3 is 2.73 bits per heavy atom. The summed E-state index contributed by atoms with van der Waals surface area (Å²) in [5.41, 5.74) is 3.78. The highest BCUT2D eigenvalue weighted by Gasteiger charge is 2.24. The Kier molecular flexibility index (Phi) is 7.46. The van der Waals surface area contributed by atoms with Gasteiger partial charge in [-0.25, -0.2) is 4.98 Å². The van der Waals surface area contributed by atoms with Crippen LogP contribution in [0.4, 0.5) is 5.13 Å². The highest BCUT2D eigenvalue weighted by molar-refractivity contribution is 7.22. The minimum atomic E-state index is -0.0982. The van der Waals surface area contributed by atoms with Crippen LogP contribution in [-0.2, 0) is 11.3 Å². The first kappa shape index (κ1) is 22.7. The fourth-order valence-corrected chi connectivity index (χ4v) is 4.66. The van der Waals surface area contributed by atoms with Gasteiger partial charge >= 0.3 is 0 Å². The van der Waals surface area contributed by atoms with Gasteiger partial charge in [0.2, 0.25) is 0 Å². The third kappa shape index (κ3) is 4.83. The van der Waals surface area contributed by atoms with Crippen LogP contribution in [0.5, 0.6) is 0 Å². The molecule has 7 nitrogen and oxygen atoms in total. The summed E-state index contributed by atoms with van der Waals surface area (Å²) < 4.78 is 8.35. The zero-order valence-electron chi connectivity index (χ0n) is 17.6. The minimum absolute atomic E-state index is 0. The van der Waals surface area contributed by atoms with Gasteiger partial charge in [-0.05, 0) is 44.0 Å². The van der Waals surface area contributed by atoms with Gasteiger partial charge in [0.05, 0.1) is 23.4 Å². The summed E-state index contributed by atoms with van der Waals surface area (Å²) in [4.78, 5) is 22.3. The number of anilines is 1. The highest BCUT2D eigenvalue weighted by atomic mass is 35.5. The third-order valence-electron chi connectivity index (χ3n) is 5.21. The van der Waals surface area contributed by atoms with Gasteiger partial charge in [-0.2, -0.15) is 5.10 Å². The molecular weight excluding hydrogens is 422 g/mol. The first-order valence-corrected chi connectivity index (χ1v) is 10.9. The number of benzene rings is 1. The average molecular weight is 450 g/mol. The maximum atomic E-state index is 13.3. The Morgan fingerprint density at radius 1 is 1.27 bits per heavy atom. The van der Waals surface area contributed by atoms with Crippen LogP contribution >= 0.6 is 23.7 Å². The molecule has 162 valence electrons. The van der Waals surface area contributed by atoms with E-state index in [2.05, 4.69) is 36.0 Å². The quantitative estimate of drug-likeness (QED) is 0.576. The molecule has 3 aromatic rings. The second-order valence-electron chi connectivity index (χ2n) is 7.39. The van der Waals surface area contributed by atoms with Crippen molar-refractivity contribution in [3.8, 4) is 0 Å². The molecule has 1 amide bonds. The molecule has 2 aromatic heterocycles. The lowest BCUT2D eigenvalue weighted by molar-refractivity contribution is 0.0391. The van der Waals surface area contributed by atoms with Crippen molar-refractivity contribution < 1.29 is 9.53 Å². The topological polar surface area (TPSA) is 63.5 Å². The van der Waals surface area contributed by atoms with E-state index in [1.807, 2.05) is 13.1 Å². The molecule has 1 aliphatic rings. The Balaban J connectivity index is 0.00000256. The molecule has 1 fully saturated rings. The van der Waals surface area contributed by atoms with Crippen LogP contribution in [0.15, 0.2) is 24.4 Å². The van der Waals surface area contributed by atoms with Gasteiger partial charge in [-0.1, -0.05) is 17.4 Å². The van der Waals surface area contributed by atoms with E-state index >= 15 is 0 Å². The van der Waals surface area contributed by atoms with Crippen LogP contribution in [0.25, 0.3) is 10.2 Å². The Hall–Kier alpha value is -2.00. The Bertz CT molecular complexity index is 1010. The SMILES string of the molecule is CCn1ccc(C(=O)N(CCN2CCOCC2)c2nc3cc(C)cc(C)c3s2)n1.Cl. The highest BCUT2D eigenvalue weighted by Crippen LogP contribution is 2.32. The summed E-state index contributed by atoms with van der Waals surface area (Å²) in [7, 11) is 0. The summed E-state index contributed by atoms with van der Waals surface area (Å²) in [6.07, 6.45) is 1.85. The fraction of sp³-hybridized carbons (Fsp3) is 0.476. The normalized spacial score (nSPS) is 14.6. The molecule has 3 heterocycles. The number of rotatable bonds is 6. The van der Waals surface area contributed by atoms with Crippen LogP contribution in [0.1, 0.15) is 28.5 Å². The van der Waals surface area contributed by atoms with Gasteiger partial charge < -0.3 is 4.74 Å². The molecular formula is C21H28ClN5O2S. The lowest BCUT2D eigenvalue weighted by atomic mass is 10.1. The number of carbonyl (C=O) groups excluding carboxylic acids is 1. The lowest BCUT2D eigenvalue weighted by Crippen LogP contribution is -2.43.